The fourth-order valence-corrected chi connectivity index (χ4v) is 9.46. The normalized spacial score (nSPS) is 10.4. The fraction of sp³-hybridized carbons (Fsp3) is 0.239. The maximum atomic E-state index is 4.64. The number of aromatic nitrogens is 3. The van der Waals surface area contributed by atoms with Crippen LogP contribution in [-0.2, 0) is 19.3 Å². The van der Waals surface area contributed by atoms with Gasteiger partial charge in [0.15, 0.2) is 0 Å². The van der Waals surface area contributed by atoms with E-state index in [-0.39, 0.29) is 0 Å². The first kappa shape index (κ1) is 59.8. The number of nitrogens with zero attached hydrogens (tertiary/aromatic N) is 6. The van der Waals surface area contributed by atoms with Crippen LogP contribution < -0.4 is 0 Å². The fourth-order valence-electron chi connectivity index (χ4n) is 9.15. The molecule has 0 fully saturated rings. The highest BCUT2D eigenvalue weighted by atomic mass is 32.1. The highest BCUT2D eigenvalue weighted by Crippen LogP contribution is 2.29. The number of thiocarbonyl (C=S) groups is 3. The van der Waals surface area contributed by atoms with E-state index < -0.39 is 0 Å². The largest absolute Gasteiger partial charge is 0.256 e. The second kappa shape index (κ2) is 33.6. The molecule has 3 aromatic heterocycles. The lowest BCUT2D eigenvalue weighted by Gasteiger charge is -2.06. The number of rotatable bonds is 23. The second-order valence-corrected chi connectivity index (χ2v) is 20.3. The molecule has 6 aromatic carbocycles. The van der Waals surface area contributed by atoms with Gasteiger partial charge < -0.3 is 0 Å². The predicted molar refractivity (Wildman–Crippen MR) is 348 cm³/mol. The molecule has 0 aliphatic heterocycles. The molecule has 0 unspecified atom stereocenters. The van der Waals surface area contributed by atoms with Crippen LogP contribution in [-0.4, -0.2) is 30.4 Å². The summed E-state index contributed by atoms with van der Waals surface area (Å²) in [6, 6.07) is 62.6. The molecule has 9 rings (SSSR count). The van der Waals surface area contributed by atoms with Crippen LogP contribution in [0.5, 0.6) is 0 Å². The van der Waals surface area contributed by atoms with Crippen molar-refractivity contribution in [1.29, 1.82) is 0 Å². The van der Waals surface area contributed by atoms with Crippen LogP contribution in [0.15, 0.2) is 216 Å². The molecule has 0 N–H and O–H groups in total. The van der Waals surface area contributed by atoms with Crippen molar-refractivity contribution in [3.8, 4) is 67.2 Å². The van der Waals surface area contributed by atoms with Crippen molar-refractivity contribution in [2.45, 2.75) is 111 Å². The number of benzene rings is 6. The molecule has 0 saturated carbocycles. The van der Waals surface area contributed by atoms with Crippen LogP contribution in [0.2, 0.25) is 0 Å². The van der Waals surface area contributed by atoms with E-state index in [1.54, 1.807) is 0 Å². The van der Waals surface area contributed by atoms with Gasteiger partial charge in [-0.2, -0.15) is 15.0 Å². The zero-order valence-electron chi connectivity index (χ0n) is 46.4. The predicted octanol–water partition coefficient (Wildman–Crippen LogP) is 21.4. The molecule has 402 valence electrons. The van der Waals surface area contributed by atoms with E-state index in [9.17, 15) is 0 Å². The van der Waals surface area contributed by atoms with E-state index in [0.29, 0.717) is 0 Å². The third-order valence-electron chi connectivity index (χ3n) is 13.9. The Hall–Kier alpha value is -7.83. The summed E-state index contributed by atoms with van der Waals surface area (Å²) in [4.78, 5) is 25.8. The molecule has 0 atom stereocenters. The Morgan fingerprint density at radius 1 is 0.275 bits per heavy atom. The summed E-state index contributed by atoms with van der Waals surface area (Å²) < 4.78 is 0. The van der Waals surface area contributed by atoms with Crippen LogP contribution in [0, 0.1) is 0 Å². The van der Waals surface area contributed by atoms with E-state index in [4.69, 9.17) is 0 Å². The van der Waals surface area contributed by atoms with Crippen LogP contribution in [0.1, 0.15) is 108 Å². The number of aryl methyl sites for hydroxylation is 3. The smallest absolute Gasteiger partial charge is 0.0740 e. The lowest BCUT2D eigenvalue weighted by molar-refractivity contribution is 0.632. The van der Waals surface area contributed by atoms with Crippen LogP contribution in [0.25, 0.3) is 67.2 Å². The molecule has 0 bridgehead atoms. The van der Waals surface area contributed by atoms with Gasteiger partial charge in [-0.15, -0.1) is 0 Å². The minimum atomic E-state index is 0.804. The molecule has 0 spiro atoms. The Labute approximate surface area is 491 Å². The van der Waals surface area contributed by atoms with Gasteiger partial charge in [-0.1, -0.05) is 200 Å². The SMILES string of the molecule is CCCCCCCc1ccc(-c2ccc(-c3ccc(N=C=S)cc3)nc2)cc1.CCCCCCc1ccc(-c2ccc(-c3ccc(N=C=S)cc3)nc2)cc1.CCCCc1ccc(-c2ccc(-c3ccc(N=C=S)cc3)nc2)cc1. The highest BCUT2D eigenvalue weighted by Gasteiger charge is 2.07. The minimum Gasteiger partial charge on any atom is -0.256 e. The average molecular weight is 1100 g/mol. The summed E-state index contributed by atoms with van der Waals surface area (Å²) in [7, 11) is 0. The van der Waals surface area contributed by atoms with Gasteiger partial charge in [-0.25, -0.2) is 0 Å². The maximum Gasteiger partial charge on any atom is 0.0740 e. The van der Waals surface area contributed by atoms with Crippen LogP contribution >= 0.6 is 36.7 Å². The number of aliphatic imine (C=N–C) groups is 3. The molecule has 0 radical (unpaired) electrons. The first-order valence-corrected chi connectivity index (χ1v) is 29.3. The maximum absolute atomic E-state index is 4.64. The summed E-state index contributed by atoms with van der Waals surface area (Å²) in [6.07, 6.45) is 23.6. The molecular formula is C71H70N6S3. The highest BCUT2D eigenvalue weighted by molar-refractivity contribution is 7.78. The molecule has 0 aliphatic carbocycles. The van der Waals surface area contributed by atoms with Crippen molar-refractivity contribution >= 4 is 69.2 Å². The second-order valence-electron chi connectivity index (χ2n) is 19.7. The summed E-state index contributed by atoms with van der Waals surface area (Å²) in [5.41, 5.74) is 19.7. The molecule has 0 amide bonds. The number of isothiocyanates is 3. The van der Waals surface area contributed by atoms with Crippen LogP contribution in [0.3, 0.4) is 0 Å². The molecule has 0 saturated heterocycles. The molecule has 6 nitrogen and oxygen atoms in total. The molecule has 9 aromatic rings. The Morgan fingerprint density at radius 3 is 0.787 bits per heavy atom. The standard InChI is InChI=1S/C25H26N2S.C24H24N2S.C22H20N2S/c1-2-3-4-5-6-7-20-8-10-21(11-9-20)23-14-17-25(26-18-23)22-12-15-24(16-13-22)27-19-28;1-2-3-4-5-6-19-7-9-20(10-8-19)22-13-16-24(25-17-22)21-11-14-23(15-12-21)26-18-27;1-2-3-4-17-5-7-18(8-6-17)20-11-14-22(23-15-20)19-9-12-21(13-10-19)24-16-25/h8-18H,2-7H2,1H3;7-17H,2-6H2,1H3;5-15H,2-4H2,1H3. The topological polar surface area (TPSA) is 75.8 Å². The van der Waals surface area contributed by atoms with Gasteiger partial charge in [0.2, 0.25) is 0 Å². The third-order valence-corrected chi connectivity index (χ3v) is 14.1. The van der Waals surface area contributed by atoms with Crippen molar-refractivity contribution in [3.05, 3.63) is 217 Å². The summed E-state index contributed by atoms with van der Waals surface area (Å²) in [5.74, 6) is 0. The lowest BCUT2D eigenvalue weighted by Crippen LogP contribution is -1.88. The number of hydrogen-bond donors (Lipinski definition) is 0. The lowest BCUT2D eigenvalue weighted by atomic mass is 10.0. The summed E-state index contributed by atoms with van der Waals surface area (Å²) >= 11 is 13.9. The van der Waals surface area contributed by atoms with Gasteiger partial charge in [-0.3, -0.25) is 15.0 Å². The molecule has 3 heterocycles. The van der Waals surface area contributed by atoms with E-state index in [0.717, 1.165) is 73.9 Å². The monoisotopic (exact) mass is 1100 g/mol. The third kappa shape index (κ3) is 19.2. The van der Waals surface area contributed by atoms with Gasteiger partial charge in [-0.05, 0) is 163 Å². The number of unbranched alkanes of at least 4 members (excludes halogenated alkanes) is 8. The number of hydrogen-bond acceptors (Lipinski definition) is 9. The van der Waals surface area contributed by atoms with Crippen molar-refractivity contribution < 1.29 is 0 Å². The Morgan fingerprint density at radius 2 is 0.525 bits per heavy atom. The van der Waals surface area contributed by atoms with Gasteiger partial charge >= 0.3 is 0 Å². The number of pyridine rings is 3. The van der Waals surface area contributed by atoms with E-state index in [1.807, 2.05) is 91.4 Å². The molecular weight excluding hydrogens is 1030 g/mol. The molecule has 0 aliphatic rings. The first-order chi connectivity index (χ1) is 39.4. The minimum absolute atomic E-state index is 0.804. The van der Waals surface area contributed by atoms with Gasteiger partial charge in [0.25, 0.3) is 0 Å². The Balaban J connectivity index is 0.000000174. The van der Waals surface area contributed by atoms with E-state index in [2.05, 4.69) is 212 Å². The molecule has 9 heteroatoms. The van der Waals surface area contributed by atoms with Crippen molar-refractivity contribution in [1.82, 2.24) is 15.0 Å². The first-order valence-electron chi connectivity index (χ1n) is 28.1. The van der Waals surface area contributed by atoms with E-state index >= 15 is 0 Å². The van der Waals surface area contributed by atoms with Crippen LogP contribution in [0.4, 0.5) is 17.1 Å². The summed E-state index contributed by atoms with van der Waals surface area (Å²) in [5, 5.41) is 7.14. The Bertz CT molecular complexity index is 3400. The van der Waals surface area contributed by atoms with Crippen molar-refractivity contribution in [2.24, 2.45) is 15.0 Å². The van der Waals surface area contributed by atoms with Crippen molar-refractivity contribution in [2.75, 3.05) is 0 Å². The van der Waals surface area contributed by atoms with Gasteiger partial charge in [0, 0.05) is 52.0 Å². The molecule has 80 heavy (non-hydrogen) atoms. The summed E-state index contributed by atoms with van der Waals surface area (Å²) in [6.45, 7) is 6.73. The Kier molecular flexibility index (Phi) is 25.1. The zero-order chi connectivity index (χ0) is 56.0. The quantitative estimate of drug-likeness (QED) is 0.0361. The van der Waals surface area contributed by atoms with Gasteiger partial charge in [0.05, 0.1) is 49.6 Å². The van der Waals surface area contributed by atoms with Crippen molar-refractivity contribution in [3.63, 3.8) is 0 Å². The zero-order valence-corrected chi connectivity index (χ0v) is 48.8. The van der Waals surface area contributed by atoms with Gasteiger partial charge in [0.1, 0.15) is 0 Å². The average Bonchev–Trinajstić information content (AvgIpc) is 3.53. The van der Waals surface area contributed by atoms with E-state index in [1.165, 1.54) is 117 Å².